The number of carbonyl (C=O) groups excluding carboxylic acids is 2. The number of carbonyl (C=O) groups is 2. The number of hydrogen-bond donors (Lipinski definition) is 1. The first kappa shape index (κ1) is 17.2. The molecule has 1 aliphatic rings. The zero-order valence-corrected chi connectivity index (χ0v) is 14.5. The molecular formula is C21H24N2O2. The second kappa shape index (κ2) is 7.97. The third-order valence-corrected chi connectivity index (χ3v) is 4.75. The lowest BCUT2D eigenvalue weighted by atomic mass is 9.83. The van der Waals surface area contributed by atoms with Gasteiger partial charge in [0.15, 0.2) is 0 Å². The number of likely N-dealkylation sites (tertiary alicyclic amines) is 1. The van der Waals surface area contributed by atoms with Crippen LogP contribution < -0.4 is 5.32 Å². The van der Waals surface area contributed by atoms with Crippen LogP contribution in [-0.4, -0.2) is 36.3 Å². The van der Waals surface area contributed by atoms with Gasteiger partial charge in [-0.15, -0.1) is 0 Å². The van der Waals surface area contributed by atoms with E-state index >= 15 is 0 Å². The van der Waals surface area contributed by atoms with Crippen LogP contribution in [0.5, 0.6) is 0 Å². The highest BCUT2D eigenvalue weighted by atomic mass is 16.2. The van der Waals surface area contributed by atoms with Crippen molar-refractivity contribution in [1.29, 1.82) is 0 Å². The maximum Gasteiger partial charge on any atom is 0.253 e. The fourth-order valence-corrected chi connectivity index (χ4v) is 3.50. The first-order valence-corrected chi connectivity index (χ1v) is 8.86. The molecule has 1 heterocycles. The van der Waals surface area contributed by atoms with E-state index in [0.29, 0.717) is 25.2 Å². The largest absolute Gasteiger partial charge is 0.356 e. The maximum atomic E-state index is 12.9. The number of rotatable bonds is 4. The molecule has 4 heteroatoms. The van der Waals surface area contributed by atoms with Gasteiger partial charge in [-0.25, -0.2) is 0 Å². The van der Waals surface area contributed by atoms with Gasteiger partial charge < -0.3 is 10.2 Å². The van der Waals surface area contributed by atoms with Gasteiger partial charge in [0, 0.05) is 31.1 Å². The van der Waals surface area contributed by atoms with Gasteiger partial charge in [0.25, 0.3) is 5.91 Å². The summed E-state index contributed by atoms with van der Waals surface area (Å²) in [5.74, 6) is 0.0336. The molecule has 2 atom stereocenters. The Morgan fingerprint density at radius 2 is 1.64 bits per heavy atom. The van der Waals surface area contributed by atoms with Crippen molar-refractivity contribution >= 4 is 11.8 Å². The topological polar surface area (TPSA) is 49.4 Å². The van der Waals surface area contributed by atoms with Crippen molar-refractivity contribution in [3.05, 3.63) is 71.8 Å². The predicted molar refractivity (Wildman–Crippen MR) is 98.3 cm³/mol. The summed E-state index contributed by atoms with van der Waals surface area (Å²) in [6, 6.07) is 19.5. The molecule has 0 radical (unpaired) electrons. The van der Waals surface area contributed by atoms with Crippen molar-refractivity contribution in [3.8, 4) is 0 Å². The molecule has 1 saturated heterocycles. The van der Waals surface area contributed by atoms with Gasteiger partial charge in [0.05, 0.1) is 5.92 Å². The van der Waals surface area contributed by atoms with Crippen molar-refractivity contribution in [2.75, 3.05) is 19.6 Å². The van der Waals surface area contributed by atoms with E-state index in [-0.39, 0.29) is 23.7 Å². The number of benzene rings is 2. The third kappa shape index (κ3) is 4.08. The van der Waals surface area contributed by atoms with E-state index in [1.807, 2.05) is 60.4 Å². The molecule has 1 N–H and O–H groups in total. The van der Waals surface area contributed by atoms with Crippen LogP contribution in [0.1, 0.15) is 35.2 Å². The summed E-state index contributed by atoms with van der Waals surface area (Å²) in [7, 11) is 0. The number of nitrogens with zero attached hydrogens (tertiary/aromatic N) is 1. The summed E-state index contributed by atoms with van der Waals surface area (Å²) in [4.78, 5) is 27.2. The SMILES string of the molecule is CCNC(=O)[C@@H]1C[C@H](c2ccccc2)CN(C(=O)c2ccccc2)C1. The minimum absolute atomic E-state index is 0.00414. The van der Waals surface area contributed by atoms with Crippen molar-refractivity contribution < 1.29 is 9.59 Å². The summed E-state index contributed by atoms with van der Waals surface area (Å²) < 4.78 is 0. The minimum atomic E-state index is -0.174. The van der Waals surface area contributed by atoms with Gasteiger partial charge in [-0.3, -0.25) is 9.59 Å². The smallest absolute Gasteiger partial charge is 0.253 e. The van der Waals surface area contributed by atoms with Crippen LogP contribution in [0.2, 0.25) is 0 Å². The lowest BCUT2D eigenvalue weighted by Crippen LogP contribution is -2.48. The lowest BCUT2D eigenvalue weighted by Gasteiger charge is -2.37. The Morgan fingerprint density at radius 3 is 2.28 bits per heavy atom. The molecule has 0 saturated carbocycles. The Hall–Kier alpha value is -2.62. The van der Waals surface area contributed by atoms with Gasteiger partial charge >= 0.3 is 0 Å². The standard InChI is InChI=1S/C21H24N2O2/c1-2-22-20(24)19-13-18(16-9-5-3-6-10-16)14-23(15-19)21(25)17-11-7-4-8-12-17/h3-12,18-19H,2,13-15H2,1H3,(H,22,24)/t18-,19+/m0/s1. The summed E-state index contributed by atoms with van der Waals surface area (Å²) in [5, 5.41) is 2.91. The summed E-state index contributed by atoms with van der Waals surface area (Å²) in [6.45, 7) is 3.65. The normalized spacial score (nSPS) is 20.1. The van der Waals surface area contributed by atoms with Crippen LogP contribution >= 0.6 is 0 Å². The minimum Gasteiger partial charge on any atom is -0.356 e. The Labute approximate surface area is 148 Å². The van der Waals surface area contributed by atoms with E-state index in [4.69, 9.17) is 0 Å². The molecule has 0 spiro atoms. The summed E-state index contributed by atoms with van der Waals surface area (Å²) in [6.07, 6.45) is 0.772. The van der Waals surface area contributed by atoms with Crippen LogP contribution in [0, 0.1) is 5.92 Å². The van der Waals surface area contributed by atoms with Gasteiger partial charge in [0.2, 0.25) is 5.91 Å². The van der Waals surface area contributed by atoms with Crippen molar-refractivity contribution in [3.63, 3.8) is 0 Å². The lowest BCUT2D eigenvalue weighted by molar-refractivity contribution is -0.126. The van der Waals surface area contributed by atoms with Crippen LogP contribution in [0.25, 0.3) is 0 Å². The molecular weight excluding hydrogens is 312 g/mol. The maximum absolute atomic E-state index is 12.9. The van der Waals surface area contributed by atoms with Gasteiger partial charge in [-0.2, -0.15) is 0 Å². The molecule has 1 aliphatic heterocycles. The molecule has 3 rings (SSSR count). The Balaban J connectivity index is 1.84. The second-order valence-electron chi connectivity index (χ2n) is 6.51. The second-order valence-corrected chi connectivity index (χ2v) is 6.51. The van der Waals surface area contributed by atoms with Gasteiger partial charge in [0.1, 0.15) is 0 Å². The summed E-state index contributed by atoms with van der Waals surface area (Å²) >= 11 is 0. The zero-order valence-electron chi connectivity index (χ0n) is 14.5. The Morgan fingerprint density at radius 1 is 1.00 bits per heavy atom. The van der Waals surface area contributed by atoms with Crippen LogP contribution in [0.3, 0.4) is 0 Å². The van der Waals surface area contributed by atoms with Crippen LogP contribution in [-0.2, 0) is 4.79 Å². The van der Waals surface area contributed by atoms with E-state index < -0.39 is 0 Å². The molecule has 1 fully saturated rings. The van der Waals surface area contributed by atoms with Crippen molar-refractivity contribution in [2.24, 2.45) is 5.92 Å². The molecule has 2 aromatic rings. The Bertz CT molecular complexity index is 715. The first-order valence-electron chi connectivity index (χ1n) is 8.86. The molecule has 0 aromatic heterocycles. The molecule has 25 heavy (non-hydrogen) atoms. The molecule has 0 aliphatic carbocycles. The fourth-order valence-electron chi connectivity index (χ4n) is 3.50. The van der Waals surface area contributed by atoms with E-state index in [2.05, 4.69) is 17.4 Å². The highest BCUT2D eigenvalue weighted by Gasteiger charge is 2.34. The van der Waals surface area contributed by atoms with Gasteiger partial charge in [-0.05, 0) is 31.0 Å². The molecule has 0 bridgehead atoms. The number of amides is 2. The fraction of sp³-hybridized carbons (Fsp3) is 0.333. The van der Waals surface area contributed by atoms with Crippen molar-refractivity contribution in [2.45, 2.75) is 19.3 Å². The molecule has 130 valence electrons. The highest BCUT2D eigenvalue weighted by Crippen LogP contribution is 2.31. The highest BCUT2D eigenvalue weighted by molar-refractivity contribution is 5.94. The molecule has 2 amide bonds. The van der Waals surface area contributed by atoms with E-state index in [0.717, 1.165) is 6.42 Å². The van der Waals surface area contributed by atoms with Crippen LogP contribution in [0.4, 0.5) is 0 Å². The van der Waals surface area contributed by atoms with Gasteiger partial charge in [-0.1, -0.05) is 48.5 Å². The van der Waals surface area contributed by atoms with E-state index in [9.17, 15) is 9.59 Å². The molecule has 2 aromatic carbocycles. The molecule has 0 unspecified atom stereocenters. The number of piperidine rings is 1. The van der Waals surface area contributed by atoms with E-state index in [1.54, 1.807) is 0 Å². The summed E-state index contributed by atoms with van der Waals surface area (Å²) in [5.41, 5.74) is 1.85. The number of nitrogens with one attached hydrogen (secondary N) is 1. The van der Waals surface area contributed by atoms with Crippen LogP contribution in [0.15, 0.2) is 60.7 Å². The molecule has 4 nitrogen and oxygen atoms in total. The quantitative estimate of drug-likeness (QED) is 0.933. The average Bonchev–Trinajstić information content (AvgIpc) is 2.68. The zero-order chi connectivity index (χ0) is 17.6. The predicted octanol–water partition coefficient (Wildman–Crippen LogP) is 3.07. The third-order valence-electron chi connectivity index (χ3n) is 4.75. The Kier molecular flexibility index (Phi) is 5.49. The number of hydrogen-bond acceptors (Lipinski definition) is 2. The van der Waals surface area contributed by atoms with E-state index in [1.165, 1.54) is 5.56 Å². The first-order chi connectivity index (χ1) is 12.2. The monoisotopic (exact) mass is 336 g/mol. The average molecular weight is 336 g/mol. The van der Waals surface area contributed by atoms with Crippen molar-refractivity contribution in [1.82, 2.24) is 10.2 Å².